The number of ether oxygens (including phenoxy) is 1. The van der Waals surface area contributed by atoms with Crippen LogP contribution in [0.25, 0.3) is 21.5 Å². The van der Waals surface area contributed by atoms with Crippen LogP contribution in [-0.4, -0.2) is 23.5 Å². The van der Waals surface area contributed by atoms with E-state index in [0.29, 0.717) is 27.8 Å². The first-order valence-electron chi connectivity index (χ1n) is 8.76. The van der Waals surface area contributed by atoms with Crippen molar-refractivity contribution in [3.63, 3.8) is 0 Å². The van der Waals surface area contributed by atoms with E-state index in [2.05, 4.69) is 26.2 Å². The van der Waals surface area contributed by atoms with E-state index in [1.807, 2.05) is 47.8 Å². The van der Waals surface area contributed by atoms with Crippen molar-refractivity contribution in [1.82, 2.24) is 4.98 Å². The summed E-state index contributed by atoms with van der Waals surface area (Å²) in [7, 11) is 0. The Hall–Kier alpha value is -3.03. The van der Waals surface area contributed by atoms with Gasteiger partial charge in [0.15, 0.2) is 6.61 Å². The molecule has 5 nitrogen and oxygen atoms in total. The summed E-state index contributed by atoms with van der Waals surface area (Å²) in [5, 5.41) is 5.34. The fourth-order valence-corrected chi connectivity index (χ4v) is 3.95. The Morgan fingerprint density at radius 2 is 1.90 bits per heavy atom. The number of aromatic nitrogens is 1. The number of rotatable bonds is 5. The van der Waals surface area contributed by atoms with Crippen LogP contribution < -0.4 is 5.32 Å². The summed E-state index contributed by atoms with van der Waals surface area (Å²) in [6, 6.07) is 20.2. The maximum absolute atomic E-state index is 12.8. The van der Waals surface area contributed by atoms with E-state index in [4.69, 9.17) is 4.74 Å². The summed E-state index contributed by atoms with van der Waals surface area (Å²) in [6.45, 7) is -0.379. The highest BCUT2D eigenvalue weighted by Crippen LogP contribution is 2.28. The summed E-state index contributed by atoms with van der Waals surface area (Å²) in [4.78, 5) is 30.5. The van der Waals surface area contributed by atoms with Crippen LogP contribution in [0.4, 0.5) is 5.69 Å². The molecule has 0 aliphatic rings. The minimum absolute atomic E-state index is 0.379. The monoisotopic (exact) mass is 466 g/mol. The van der Waals surface area contributed by atoms with Gasteiger partial charge in [0, 0.05) is 15.5 Å². The van der Waals surface area contributed by atoms with Crippen molar-refractivity contribution in [2.45, 2.75) is 0 Å². The molecule has 0 aliphatic carbocycles. The Kier molecular flexibility index (Phi) is 5.69. The van der Waals surface area contributed by atoms with Crippen LogP contribution in [0.1, 0.15) is 10.4 Å². The largest absolute Gasteiger partial charge is 0.452 e. The predicted octanol–water partition coefficient (Wildman–Crippen LogP) is 5.52. The van der Waals surface area contributed by atoms with E-state index in [0.717, 1.165) is 9.35 Å². The standard InChI is InChI=1S/C22H15BrN2O3S/c23-14-5-3-6-15(11-14)24-21(26)13-28-22(27)17-12-19(20-9-4-10-29-20)25-18-8-2-1-7-16(17)18/h1-12H,13H2,(H,24,26). The van der Waals surface area contributed by atoms with Crippen molar-refractivity contribution in [3.8, 4) is 10.6 Å². The number of anilines is 1. The normalized spacial score (nSPS) is 10.7. The molecule has 0 unspecified atom stereocenters. The lowest BCUT2D eigenvalue weighted by atomic mass is 10.1. The number of thiophene rings is 1. The molecule has 2 aromatic carbocycles. The number of pyridine rings is 1. The predicted molar refractivity (Wildman–Crippen MR) is 118 cm³/mol. The molecular weight excluding hydrogens is 452 g/mol. The highest BCUT2D eigenvalue weighted by molar-refractivity contribution is 9.10. The quantitative estimate of drug-likeness (QED) is 0.393. The molecule has 0 bridgehead atoms. The lowest BCUT2D eigenvalue weighted by Crippen LogP contribution is -2.21. The molecule has 1 N–H and O–H groups in total. The van der Waals surface area contributed by atoms with E-state index in [-0.39, 0.29) is 6.61 Å². The van der Waals surface area contributed by atoms with Gasteiger partial charge in [0.25, 0.3) is 5.91 Å². The maximum Gasteiger partial charge on any atom is 0.339 e. The topological polar surface area (TPSA) is 68.3 Å². The number of hydrogen-bond acceptors (Lipinski definition) is 5. The van der Waals surface area contributed by atoms with Gasteiger partial charge < -0.3 is 10.1 Å². The number of fused-ring (bicyclic) bond motifs is 1. The van der Waals surface area contributed by atoms with Gasteiger partial charge >= 0.3 is 5.97 Å². The minimum Gasteiger partial charge on any atom is -0.452 e. The van der Waals surface area contributed by atoms with Crippen molar-refractivity contribution in [2.75, 3.05) is 11.9 Å². The zero-order chi connectivity index (χ0) is 20.2. The third-order valence-electron chi connectivity index (χ3n) is 4.15. The Morgan fingerprint density at radius 3 is 2.69 bits per heavy atom. The van der Waals surface area contributed by atoms with Gasteiger partial charge in [-0.25, -0.2) is 9.78 Å². The molecule has 0 saturated heterocycles. The second-order valence-corrected chi connectivity index (χ2v) is 8.05. The van der Waals surface area contributed by atoms with Gasteiger partial charge in [-0.3, -0.25) is 4.79 Å². The van der Waals surface area contributed by atoms with Crippen LogP contribution in [0.5, 0.6) is 0 Å². The van der Waals surface area contributed by atoms with Gasteiger partial charge in [0.2, 0.25) is 0 Å². The van der Waals surface area contributed by atoms with Crippen molar-refractivity contribution >= 4 is 55.7 Å². The van der Waals surface area contributed by atoms with Crippen LogP contribution in [0.3, 0.4) is 0 Å². The summed E-state index contributed by atoms with van der Waals surface area (Å²) in [5.74, 6) is -0.973. The van der Waals surface area contributed by atoms with Crippen LogP contribution >= 0.6 is 27.3 Å². The van der Waals surface area contributed by atoms with Gasteiger partial charge in [0.1, 0.15) is 0 Å². The summed E-state index contributed by atoms with van der Waals surface area (Å²) in [5.41, 5.74) is 2.40. The summed E-state index contributed by atoms with van der Waals surface area (Å²) in [6.07, 6.45) is 0. The first kappa shape index (κ1) is 19.3. The van der Waals surface area contributed by atoms with Crippen molar-refractivity contribution in [2.24, 2.45) is 0 Å². The molecule has 0 aliphatic heterocycles. The Labute approximate surface area is 179 Å². The maximum atomic E-state index is 12.8. The van der Waals surface area contributed by atoms with E-state index in [1.54, 1.807) is 35.6 Å². The molecule has 0 fully saturated rings. The highest BCUT2D eigenvalue weighted by Gasteiger charge is 2.17. The number of carbonyl (C=O) groups excluding carboxylic acids is 2. The van der Waals surface area contributed by atoms with Gasteiger partial charge in [-0.2, -0.15) is 0 Å². The fourth-order valence-electron chi connectivity index (χ4n) is 2.87. The highest BCUT2D eigenvalue weighted by atomic mass is 79.9. The Bertz CT molecular complexity index is 1190. The van der Waals surface area contributed by atoms with E-state index < -0.39 is 11.9 Å². The molecule has 7 heteroatoms. The van der Waals surface area contributed by atoms with Crippen LogP contribution in [-0.2, 0) is 9.53 Å². The second kappa shape index (κ2) is 8.55. The zero-order valence-corrected chi connectivity index (χ0v) is 17.5. The lowest BCUT2D eigenvalue weighted by Gasteiger charge is -2.10. The number of halogens is 1. The molecular formula is C22H15BrN2O3S. The molecule has 0 atom stereocenters. The van der Waals surface area contributed by atoms with Gasteiger partial charge in [-0.1, -0.05) is 46.3 Å². The lowest BCUT2D eigenvalue weighted by molar-refractivity contribution is -0.119. The van der Waals surface area contributed by atoms with E-state index >= 15 is 0 Å². The Balaban J connectivity index is 1.54. The van der Waals surface area contributed by atoms with Crippen molar-refractivity contribution in [1.29, 1.82) is 0 Å². The molecule has 0 saturated carbocycles. The Morgan fingerprint density at radius 1 is 1.03 bits per heavy atom. The minimum atomic E-state index is -0.564. The number of nitrogens with one attached hydrogen (secondary N) is 1. The fraction of sp³-hybridized carbons (Fsp3) is 0.0455. The first-order chi connectivity index (χ1) is 14.1. The number of benzene rings is 2. The molecule has 4 aromatic rings. The molecule has 1 amide bonds. The third kappa shape index (κ3) is 4.52. The average molecular weight is 467 g/mol. The van der Waals surface area contributed by atoms with Gasteiger partial charge in [-0.15, -0.1) is 11.3 Å². The molecule has 2 heterocycles. The van der Waals surface area contributed by atoms with Crippen LogP contribution in [0.15, 0.2) is 76.6 Å². The molecule has 29 heavy (non-hydrogen) atoms. The second-order valence-electron chi connectivity index (χ2n) is 6.18. The van der Waals surface area contributed by atoms with E-state index in [9.17, 15) is 9.59 Å². The zero-order valence-electron chi connectivity index (χ0n) is 15.1. The molecule has 0 radical (unpaired) electrons. The van der Waals surface area contributed by atoms with Gasteiger partial charge in [-0.05, 0) is 41.8 Å². The first-order valence-corrected chi connectivity index (χ1v) is 10.4. The van der Waals surface area contributed by atoms with Crippen molar-refractivity contribution in [3.05, 3.63) is 82.1 Å². The molecule has 0 spiro atoms. The number of hydrogen-bond donors (Lipinski definition) is 1. The van der Waals surface area contributed by atoms with Crippen LogP contribution in [0, 0.1) is 0 Å². The number of esters is 1. The third-order valence-corrected chi connectivity index (χ3v) is 5.54. The molecule has 144 valence electrons. The average Bonchev–Trinajstić information content (AvgIpc) is 3.26. The summed E-state index contributed by atoms with van der Waals surface area (Å²) >= 11 is 4.89. The molecule has 2 aromatic heterocycles. The number of para-hydroxylation sites is 1. The SMILES string of the molecule is O=C(COC(=O)c1cc(-c2cccs2)nc2ccccc12)Nc1cccc(Br)c1. The number of nitrogens with zero attached hydrogens (tertiary/aromatic N) is 1. The van der Waals surface area contributed by atoms with Crippen LogP contribution in [0.2, 0.25) is 0 Å². The van der Waals surface area contributed by atoms with Gasteiger partial charge in [0.05, 0.1) is 21.7 Å². The molecule has 4 rings (SSSR count). The number of carbonyl (C=O) groups is 2. The smallest absolute Gasteiger partial charge is 0.339 e. The summed E-state index contributed by atoms with van der Waals surface area (Å²) < 4.78 is 6.13. The van der Waals surface area contributed by atoms with E-state index in [1.165, 1.54) is 0 Å². The number of amides is 1. The van der Waals surface area contributed by atoms with Crippen molar-refractivity contribution < 1.29 is 14.3 Å².